The quantitative estimate of drug-likeness (QED) is 0.871. The molecule has 0 aliphatic carbocycles. The van der Waals surface area contributed by atoms with Gasteiger partial charge in [-0.15, -0.1) is 0 Å². The van der Waals surface area contributed by atoms with Crippen molar-refractivity contribution in [2.45, 2.75) is 45.3 Å². The predicted octanol–water partition coefficient (Wildman–Crippen LogP) is 3.50. The molecule has 20 heavy (non-hydrogen) atoms. The number of aromatic nitrogens is 2. The van der Waals surface area contributed by atoms with Crippen LogP contribution in [0.5, 0.6) is 0 Å². The second-order valence-corrected chi connectivity index (χ2v) is 6.05. The van der Waals surface area contributed by atoms with Crippen molar-refractivity contribution in [3.8, 4) is 0 Å². The second-order valence-electron chi connectivity index (χ2n) is 6.05. The summed E-state index contributed by atoms with van der Waals surface area (Å²) in [5.41, 5.74) is 6.74. The first-order chi connectivity index (χ1) is 9.01. The average molecular weight is 285 g/mol. The number of hydrogen-bond donors (Lipinski definition) is 1. The van der Waals surface area contributed by atoms with E-state index in [1.165, 1.54) is 4.40 Å². The topological polar surface area (TPSA) is 43.3 Å². The molecule has 2 N–H and O–H groups in total. The van der Waals surface area contributed by atoms with Crippen molar-refractivity contribution in [2.75, 3.05) is 0 Å². The zero-order chi connectivity index (χ0) is 15.3. The van der Waals surface area contributed by atoms with Crippen molar-refractivity contribution in [1.82, 2.24) is 9.38 Å². The minimum atomic E-state index is -4.50. The Balaban J connectivity index is 2.78. The monoisotopic (exact) mass is 285 g/mol. The first-order valence-corrected chi connectivity index (χ1v) is 6.33. The number of pyridine rings is 1. The van der Waals surface area contributed by atoms with E-state index < -0.39 is 17.6 Å². The molecule has 1 atom stereocenters. The molecule has 2 heterocycles. The molecule has 0 aromatic carbocycles. The third kappa shape index (κ3) is 2.52. The fourth-order valence-corrected chi connectivity index (χ4v) is 2.17. The Morgan fingerprint density at radius 1 is 1.25 bits per heavy atom. The maximum Gasteiger partial charge on any atom is 0.409 e. The van der Waals surface area contributed by atoms with Gasteiger partial charge in [0.15, 0.2) is 0 Å². The van der Waals surface area contributed by atoms with Crippen LogP contribution in [-0.4, -0.2) is 15.6 Å². The Morgan fingerprint density at radius 3 is 2.35 bits per heavy atom. The Bertz CT molecular complexity index is 635. The first-order valence-electron chi connectivity index (χ1n) is 6.33. The summed E-state index contributed by atoms with van der Waals surface area (Å²) in [5.74, 6) is 0. The Hall–Kier alpha value is -1.56. The van der Waals surface area contributed by atoms with Crippen LogP contribution in [0.2, 0.25) is 0 Å². The molecule has 0 radical (unpaired) electrons. The number of imidazole rings is 1. The lowest BCUT2D eigenvalue weighted by molar-refractivity contribution is -0.150. The summed E-state index contributed by atoms with van der Waals surface area (Å²) in [6, 6.07) is 1.45. The first kappa shape index (κ1) is 14.8. The number of aryl methyl sites for hydroxylation is 1. The van der Waals surface area contributed by atoms with Crippen molar-refractivity contribution in [3.63, 3.8) is 0 Å². The van der Waals surface area contributed by atoms with Crippen LogP contribution in [0.4, 0.5) is 13.2 Å². The minimum Gasteiger partial charge on any atom is -0.315 e. The van der Waals surface area contributed by atoms with Crippen LogP contribution in [0.25, 0.3) is 5.65 Å². The van der Waals surface area contributed by atoms with Gasteiger partial charge >= 0.3 is 6.18 Å². The molecule has 1 unspecified atom stereocenters. The van der Waals surface area contributed by atoms with Crippen LogP contribution >= 0.6 is 0 Å². The molecule has 0 amide bonds. The average Bonchev–Trinajstić information content (AvgIpc) is 2.64. The lowest BCUT2D eigenvalue weighted by Gasteiger charge is -2.22. The summed E-state index contributed by atoms with van der Waals surface area (Å²) in [5, 5.41) is 0. The van der Waals surface area contributed by atoms with E-state index in [9.17, 15) is 13.2 Å². The summed E-state index contributed by atoms with van der Waals surface area (Å²) < 4.78 is 40.5. The van der Waals surface area contributed by atoms with Gasteiger partial charge in [0.05, 0.1) is 11.4 Å². The normalized spacial score (nSPS) is 14.8. The molecule has 6 heteroatoms. The zero-order valence-corrected chi connectivity index (χ0v) is 11.9. The molecule has 2 rings (SSSR count). The number of rotatable bonds is 1. The van der Waals surface area contributed by atoms with E-state index >= 15 is 0 Å². The van der Waals surface area contributed by atoms with Crippen LogP contribution in [-0.2, 0) is 5.41 Å². The molecule has 0 saturated heterocycles. The third-order valence-electron chi connectivity index (χ3n) is 3.18. The van der Waals surface area contributed by atoms with Crippen molar-refractivity contribution < 1.29 is 13.2 Å². The summed E-state index contributed by atoms with van der Waals surface area (Å²) >= 11 is 0. The lowest BCUT2D eigenvalue weighted by atomic mass is 9.89. The number of alkyl halides is 3. The SMILES string of the molecule is Cc1ccn2c(C(N)C(F)(F)F)c(C(C)(C)C)nc2c1. The molecule has 2 aromatic heterocycles. The smallest absolute Gasteiger partial charge is 0.315 e. The molecule has 0 saturated carbocycles. The van der Waals surface area contributed by atoms with E-state index in [-0.39, 0.29) is 5.69 Å². The van der Waals surface area contributed by atoms with Crippen LogP contribution < -0.4 is 5.73 Å². The van der Waals surface area contributed by atoms with Gasteiger partial charge in [-0.2, -0.15) is 13.2 Å². The van der Waals surface area contributed by atoms with E-state index in [0.29, 0.717) is 11.3 Å². The van der Waals surface area contributed by atoms with Crippen molar-refractivity contribution in [2.24, 2.45) is 5.73 Å². The molecule has 0 aliphatic rings. The number of halogens is 3. The fourth-order valence-electron chi connectivity index (χ4n) is 2.17. The van der Waals surface area contributed by atoms with Crippen LogP contribution in [0, 0.1) is 6.92 Å². The molecule has 0 aliphatic heterocycles. The molecule has 0 spiro atoms. The van der Waals surface area contributed by atoms with Gasteiger partial charge < -0.3 is 10.1 Å². The van der Waals surface area contributed by atoms with Gasteiger partial charge in [-0.3, -0.25) is 0 Å². The number of nitrogens with zero attached hydrogens (tertiary/aromatic N) is 2. The summed E-state index contributed by atoms with van der Waals surface area (Å²) in [6.07, 6.45) is -2.91. The van der Waals surface area contributed by atoms with E-state index in [2.05, 4.69) is 4.98 Å². The van der Waals surface area contributed by atoms with E-state index in [1.54, 1.807) is 18.3 Å². The van der Waals surface area contributed by atoms with Gasteiger partial charge in [0, 0.05) is 11.6 Å². The van der Waals surface area contributed by atoms with Gasteiger partial charge in [0.25, 0.3) is 0 Å². The van der Waals surface area contributed by atoms with Gasteiger partial charge in [-0.25, -0.2) is 4.98 Å². The van der Waals surface area contributed by atoms with Crippen molar-refractivity contribution >= 4 is 5.65 Å². The van der Waals surface area contributed by atoms with E-state index in [1.807, 2.05) is 27.7 Å². The van der Waals surface area contributed by atoms with Gasteiger partial charge in [0.2, 0.25) is 0 Å². The predicted molar refractivity (Wildman–Crippen MR) is 71.6 cm³/mol. The largest absolute Gasteiger partial charge is 0.409 e. The summed E-state index contributed by atoms with van der Waals surface area (Å²) in [6.45, 7) is 7.35. The molecular formula is C14H18F3N3. The molecule has 110 valence electrons. The Morgan fingerprint density at radius 2 is 1.85 bits per heavy atom. The van der Waals surface area contributed by atoms with Crippen molar-refractivity contribution in [3.05, 3.63) is 35.3 Å². The van der Waals surface area contributed by atoms with Gasteiger partial charge in [-0.1, -0.05) is 20.8 Å². The highest BCUT2D eigenvalue weighted by molar-refractivity contribution is 5.48. The van der Waals surface area contributed by atoms with Crippen LogP contribution in [0.3, 0.4) is 0 Å². The fraction of sp³-hybridized carbons (Fsp3) is 0.500. The maximum absolute atomic E-state index is 13.0. The highest BCUT2D eigenvalue weighted by Gasteiger charge is 2.42. The minimum absolute atomic E-state index is 0.0139. The van der Waals surface area contributed by atoms with Crippen LogP contribution in [0.1, 0.15) is 43.8 Å². The standard InChI is InChI=1S/C14H18F3N3/c1-8-5-6-20-9(7-8)19-12(13(2,3)4)10(20)11(18)14(15,16)17/h5-7,11H,18H2,1-4H3. The van der Waals surface area contributed by atoms with E-state index in [4.69, 9.17) is 5.73 Å². The van der Waals surface area contributed by atoms with Gasteiger partial charge in [-0.05, 0) is 24.6 Å². The molecule has 0 fully saturated rings. The number of fused-ring (bicyclic) bond motifs is 1. The van der Waals surface area contributed by atoms with Crippen LogP contribution in [0.15, 0.2) is 18.3 Å². The highest BCUT2D eigenvalue weighted by Crippen LogP contribution is 2.36. The number of hydrogen-bond acceptors (Lipinski definition) is 2. The highest BCUT2D eigenvalue weighted by atomic mass is 19.4. The molecular weight excluding hydrogens is 267 g/mol. The molecule has 3 nitrogen and oxygen atoms in total. The maximum atomic E-state index is 13.0. The molecule has 0 bridgehead atoms. The Labute approximate surface area is 115 Å². The zero-order valence-electron chi connectivity index (χ0n) is 11.9. The molecule has 2 aromatic rings. The van der Waals surface area contributed by atoms with Gasteiger partial charge in [0.1, 0.15) is 11.7 Å². The summed E-state index contributed by atoms with van der Waals surface area (Å²) in [4.78, 5) is 4.36. The Kier molecular flexibility index (Phi) is 3.32. The van der Waals surface area contributed by atoms with E-state index in [0.717, 1.165) is 5.56 Å². The second kappa shape index (κ2) is 4.48. The lowest BCUT2D eigenvalue weighted by Crippen LogP contribution is -2.32. The third-order valence-corrected chi connectivity index (χ3v) is 3.18. The number of nitrogens with two attached hydrogens (primary N) is 1. The summed E-state index contributed by atoms with van der Waals surface area (Å²) in [7, 11) is 0. The van der Waals surface area contributed by atoms with Crippen molar-refractivity contribution in [1.29, 1.82) is 0 Å².